The quantitative estimate of drug-likeness (QED) is 0.443. The van der Waals surface area contributed by atoms with Crippen LogP contribution in [0.1, 0.15) is 72.6 Å². The molecule has 4 N–H and O–H groups in total. The van der Waals surface area contributed by atoms with E-state index in [9.17, 15) is 9.59 Å². The molecule has 1 saturated heterocycles. The number of nitrogens with two attached hydrogens (primary N) is 1. The summed E-state index contributed by atoms with van der Waals surface area (Å²) in [6.45, 7) is 10.7. The molecule has 2 aliphatic rings. The number of carbonyl (C=O) groups is 2. The van der Waals surface area contributed by atoms with Crippen molar-refractivity contribution in [2.75, 3.05) is 26.7 Å². The minimum absolute atomic E-state index is 0.0141. The lowest BCUT2D eigenvalue weighted by atomic mass is 9.58. The third-order valence-electron chi connectivity index (χ3n) is 8.14. The van der Waals surface area contributed by atoms with Gasteiger partial charge in [0.1, 0.15) is 0 Å². The molecule has 0 aromatic heterocycles. The lowest BCUT2D eigenvalue weighted by Crippen LogP contribution is -2.52. The Morgan fingerprint density at radius 3 is 2.53 bits per heavy atom. The number of ketones is 1. The van der Waals surface area contributed by atoms with E-state index in [0.717, 1.165) is 51.6 Å². The standard InChI is InChI=1S/C26H47N3O3/c1-6-8-9-26(31)29-15-25(30)20-10-11-28-14-19(7-2)21(17(3)16-32-5)12-23(20)22-13-24(27)18(22)4/h16,18-24,28H,6-15,27H2,1-5H3,(H,29,31)/b17-16-/t18-,19-,20?,21?,22?,23+,24?/m0/s1. The van der Waals surface area contributed by atoms with E-state index in [1.807, 2.05) is 6.26 Å². The van der Waals surface area contributed by atoms with Gasteiger partial charge in [0.25, 0.3) is 0 Å². The Hall–Kier alpha value is -1.40. The first kappa shape index (κ1) is 26.8. The average Bonchev–Trinajstić information content (AvgIpc) is 2.88. The van der Waals surface area contributed by atoms with Gasteiger partial charge in [-0.3, -0.25) is 9.59 Å². The van der Waals surface area contributed by atoms with Crippen LogP contribution in [0.15, 0.2) is 11.8 Å². The molecule has 4 unspecified atom stereocenters. The number of unbranched alkanes of at least 4 members (excludes halogenated alkanes) is 1. The number of allylic oxidation sites excluding steroid dienone is 1. The highest BCUT2D eigenvalue weighted by Gasteiger charge is 2.46. The smallest absolute Gasteiger partial charge is 0.220 e. The predicted molar refractivity (Wildman–Crippen MR) is 130 cm³/mol. The second kappa shape index (κ2) is 13.3. The molecule has 0 aromatic rings. The van der Waals surface area contributed by atoms with E-state index in [2.05, 4.69) is 38.3 Å². The highest BCUT2D eigenvalue weighted by Crippen LogP contribution is 2.47. The van der Waals surface area contributed by atoms with Gasteiger partial charge in [-0.15, -0.1) is 0 Å². The Bertz CT molecular complexity index is 636. The lowest BCUT2D eigenvalue weighted by Gasteiger charge is -2.48. The maximum Gasteiger partial charge on any atom is 0.220 e. The molecule has 7 atom stereocenters. The fourth-order valence-corrected chi connectivity index (χ4v) is 5.86. The number of carbonyl (C=O) groups excluding carboxylic acids is 2. The molecule has 0 spiro atoms. The lowest BCUT2D eigenvalue weighted by molar-refractivity contribution is -0.129. The van der Waals surface area contributed by atoms with Crippen LogP contribution in [0, 0.1) is 35.5 Å². The van der Waals surface area contributed by atoms with E-state index in [-0.39, 0.29) is 36.1 Å². The fraction of sp³-hybridized carbons (Fsp3) is 0.846. The van der Waals surface area contributed by atoms with E-state index >= 15 is 0 Å². The number of Topliss-reactive ketones (excluding diaryl/α,β-unsaturated/α-hetero) is 1. The van der Waals surface area contributed by atoms with Gasteiger partial charge in [0.15, 0.2) is 5.78 Å². The maximum atomic E-state index is 13.4. The summed E-state index contributed by atoms with van der Waals surface area (Å²) in [6.07, 6.45) is 8.09. The van der Waals surface area contributed by atoms with Crippen molar-refractivity contribution < 1.29 is 14.3 Å². The molecule has 1 amide bonds. The van der Waals surface area contributed by atoms with Gasteiger partial charge >= 0.3 is 0 Å². The third-order valence-corrected chi connectivity index (χ3v) is 8.14. The number of amides is 1. The molecule has 0 bridgehead atoms. The van der Waals surface area contributed by atoms with Crippen molar-refractivity contribution >= 4 is 11.7 Å². The van der Waals surface area contributed by atoms with Crippen LogP contribution in [0.25, 0.3) is 0 Å². The van der Waals surface area contributed by atoms with Crippen molar-refractivity contribution in [1.82, 2.24) is 10.6 Å². The van der Waals surface area contributed by atoms with Crippen molar-refractivity contribution in [3.63, 3.8) is 0 Å². The first-order valence-corrected chi connectivity index (χ1v) is 12.8. The SMILES string of the molecule is CCCCC(=O)NCC(=O)C1CCNC[C@H](CC)C(/C(C)=C\OC)C[C@H]1C1CC(N)[C@H]1C. The average molecular weight is 450 g/mol. The predicted octanol–water partition coefficient (Wildman–Crippen LogP) is 3.65. The van der Waals surface area contributed by atoms with Gasteiger partial charge in [0, 0.05) is 18.4 Å². The van der Waals surface area contributed by atoms with Crippen LogP contribution in [-0.2, 0) is 14.3 Å². The molecule has 1 heterocycles. The number of methoxy groups -OCH3 is 1. The van der Waals surface area contributed by atoms with Crippen molar-refractivity contribution in [2.24, 2.45) is 41.2 Å². The van der Waals surface area contributed by atoms with Crippen LogP contribution in [-0.4, -0.2) is 44.5 Å². The van der Waals surface area contributed by atoms with Gasteiger partial charge in [0.05, 0.1) is 19.9 Å². The zero-order valence-electron chi connectivity index (χ0n) is 21.0. The van der Waals surface area contributed by atoms with Crippen LogP contribution in [0.3, 0.4) is 0 Å². The monoisotopic (exact) mass is 449 g/mol. The van der Waals surface area contributed by atoms with E-state index in [1.165, 1.54) is 5.57 Å². The molecular formula is C26H47N3O3. The minimum Gasteiger partial charge on any atom is -0.504 e. The van der Waals surface area contributed by atoms with E-state index in [0.29, 0.717) is 30.1 Å². The fourth-order valence-electron chi connectivity index (χ4n) is 5.86. The van der Waals surface area contributed by atoms with Crippen molar-refractivity contribution in [1.29, 1.82) is 0 Å². The van der Waals surface area contributed by atoms with Crippen LogP contribution < -0.4 is 16.4 Å². The van der Waals surface area contributed by atoms with Gasteiger partial charge in [-0.2, -0.15) is 0 Å². The molecule has 6 heteroatoms. The van der Waals surface area contributed by atoms with Crippen LogP contribution >= 0.6 is 0 Å². The summed E-state index contributed by atoms with van der Waals surface area (Å²) in [6, 6.07) is 0.228. The number of nitrogens with one attached hydrogen (secondary N) is 2. The highest BCUT2D eigenvalue weighted by atomic mass is 16.5. The first-order valence-electron chi connectivity index (χ1n) is 12.8. The summed E-state index contributed by atoms with van der Waals surface area (Å²) in [5.41, 5.74) is 7.55. The summed E-state index contributed by atoms with van der Waals surface area (Å²) in [5, 5.41) is 6.51. The first-order chi connectivity index (χ1) is 15.3. The zero-order valence-corrected chi connectivity index (χ0v) is 21.0. The molecular weight excluding hydrogens is 402 g/mol. The number of hydrogen-bond donors (Lipinski definition) is 3. The Morgan fingerprint density at radius 2 is 1.94 bits per heavy atom. The molecule has 32 heavy (non-hydrogen) atoms. The van der Waals surface area contributed by atoms with Crippen LogP contribution in [0.4, 0.5) is 0 Å². The Balaban J connectivity index is 2.26. The van der Waals surface area contributed by atoms with Crippen LogP contribution in [0.2, 0.25) is 0 Å². The Labute approximate surface area is 195 Å². The minimum atomic E-state index is -0.0534. The third kappa shape index (κ3) is 7.05. The second-order valence-electron chi connectivity index (χ2n) is 10.1. The van der Waals surface area contributed by atoms with Gasteiger partial charge in [-0.1, -0.05) is 33.6 Å². The van der Waals surface area contributed by atoms with Gasteiger partial charge < -0.3 is 21.1 Å². The molecule has 1 aliphatic carbocycles. The van der Waals surface area contributed by atoms with Gasteiger partial charge in [-0.25, -0.2) is 0 Å². The summed E-state index contributed by atoms with van der Waals surface area (Å²) in [4.78, 5) is 25.6. The van der Waals surface area contributed by atoms with Crippen molar-refractivity contribution in [3.05, 3.63) is 11.8 Å². The topological polar surface area (TPSA) is 93.5 Å². The summed E-state index contributed by atoms with van der Waals surface area (Å²) < 4.78 is 5.38. The Kier molecular flexibility index (Phi) is 11.2. The zero-order chi connectivity index (χ0) is 23.7. The van der Waals surface area contributed by atoms with E-state index in [4.69, 9.17) is 10.5 Å². The summed E-state index contributed by atoms with van der Waals surface area (Å²) in [7, 11) is 1.70. The van der Waals surface area contributed by atoms with E-state index in [1.54, 1.807) is 7.11 Å². The van der Waals surface area contributed by atoms with E-state index < -0.39 is 0 Å². The molecule has 0 radical (unpaired) electrons. The molecule has 0 aromatic carbocycles. The number of rotatable bonds is 10. The molecule has 1 aliphatic heterocycles. The second-order valence-corrected chi connectivity index (χ2v) is 10.1. The highest BCUT2D eigenvalue weighted by molar-refractivity contribution is 5.87. The largest absolute Gasteiger partial charge is 0.504 e. The summed E-state index contributed by atoms with van der Waals surface area (Å²) in [5.74, 6) is 2.16. The van der Waals surface area contributed by atoms with Crippen molar-refractivity contribution in [2.45, 2.75) is 78.7 Å². The van der Waals surface area contributed by atoms with Crippen molar-refractivity contribution in [3.8, 4) is 0 Å². The maximum absolute atomic E-state index is 13.4. The molecule has 6 nitrogen and oxygen atoms in total. The summed E-state index contributed by atoms with van der Waals surface area (Å²) >= 11 is 0. The normalized spacial score (nSPS) is 33.9. The molecule has 2 fully saturated rings. The molecule has 2 rings (SSSR count). The van der Waals surface area contributed by atoms with Crippen LogP contribution in [0.5, 0.6) is 0 Å². The number of ether oxygens (including phenoxy) is 1. The van der Waals surface area contributed by atoms with Gasteiger partial charge in [0.2, 0.25) is 5.91 Å². The molecule has 184 valence electrons. The molecule has 1 saturated carbocycles. The van der Waals surface area contributed by atoms with Gasteiger partial charge in [-0.05, 0) is 80.9 Å². The number of hydrogen-bond acceptors (Lipinski definition) is 5. The Morgan fingerprint density at radius 1 is 1.19 bits per heavy atom.